The summed E-state index contributed by atoms with van der Waals surface area (Å²) in [6.45, 7) is 9.62. The highest BCUT2D eigenvalue weighted by Crippen LogP contribution is 2.68. The Balaban J connectivity index is 1.29. The Morgan fingerprint density at radius 3 is 2.57 bits per heavy atom. The summed E-state index contributed by atoms with van der Waals surface area (Å²) in [5.74, 6) is 3.02. The van der Waals surface area contributed by atoms with Crippen molar-refractivity contribution in [3.05, 3.63) is 23.0 Å². The lowest BCUT2D eigenvalue weighted by atomic mass is 9.44. The largest absolute Gasteiger partial charge is 0.382 e. The molecule has 5 aliphatic carbocycles. The number of nitrogens with zero attached hydrogens (tertiary/aromatic N) is 2. The van der Waals surface area contributed by atoms with Crippen LogP contribution in [0.15, 0.2) is 11.8 Å². The van der Waals surface area contributed by atoms with Crippen LogP contribution < -0.4 is 0 Å². The summed E-state index contributed by atoms with van der Waals surface area (Å²) in [6, 6.07) is 0. The lowest BCUT2D eigenvalue weighted by Crippen LogP contribution is -2.58. The van der Waals surface area contributed by atoms with Gasteiger partial charge in [0.2, 0.25) is 0 Å². The molecular formula is C30H42N2O3. The smallest absolute Gasteiger partial charge is 0.161 e. The normalized spacial score (nSPS) is 43.1. The van der Waals surface area contributed by atoms with Crippen molar-refractivity contribution in [1.29, 1.82) is 0 Å². The topological polar surface area (TPSA) is 72.2 Å². The van der Waals surface area contributed by atoms with Crippen LogP contribution in [0, 0.1) is 40.4 Å². The van der Waals surface area contributed by atoms with Gasteiger partial charge in [-0.2, -0.15) is 5.10 Å². The van der Waals surface area contributed by atoms with Crippen LogP contribution in [-0.4, -0.2) is 32.1 Å². The summed E-state index contributed by atoms with van der Waals surface area (Å²) >= 11 is 0. The third-order valence-electron chi connectivity index (χ3n) is 11.7. The first-order chi connectivity index (χ1) is 16.6. The summed E-state index contributed by atoms with van der Waals surface area (Å²) in [4.78, 5) is 24.2. The molecule has 0 spiro atoms. The quantitative estimate of drug-likeness (QED) is 0.632. The lowest BCUT2D eigenvalue weighted by Gasteiger charge is -2.60. The molecule has 0 amide bonds. The molecule has 190 valence electrons. The molecule has 35 heavy (non-hydrogen) atoms. The Morgan fingerprint density at radius 2 is 1.86 bits per heavy atom. The highest BCUT2D eigenvalue weighted by atomic mass is 16.3. The molecule has 0 unspecified atom stereocenters. The van der Waals surface area contributed by atoms with Gasteiger partial charge in [0.1, 0.15) is 11.4 Å². The van der Waals surface area contributed by atoms with Crippen molar-refractivity contribution in [3.63, 3.8) is 0 Å². The molecular weight excluding hydrogens is 436 g/mol. The van der Waals surface area contributed by atoms with Gasteiger partial charge in [0.15, 0.2) is 5.78 Å². The summed E-state index contributed by atoms with van der Waals surface area (Å²) < 4.78 is 2.23. The fourth-order valence-corrected chi connectivity index (χ4v) is 9.71. The van der Waals surface area contributed by atoms with E-state index in [1.807, 2.05) is 0 Å². The van der Waals surface area contributed by atoms with E-state index in [0.29, 0.717) is 41.8 Å². The molecule has 1 heterocycles. The van der Waals surface area contributed by atoms with Gasteiger partial charge in [0, 0.05) is 24.8 Å². The third kappa shape index (κ3) is 3.25. The molecule has 4 saturated carbocycles. The molecule has 0 aliphatic heterocycles. The van der Waals surface area contributed by atoms with Gasteiger partial charge in [0.05, 0.1) is 11.9 Å². The Labute approximate surface area is 209 Å². The van der Waals surface area contributed by atoms with Gasteiger partial charge >= 0.3 is 0 Å². The van der Waals surface area contributed by atoms with Crippen LogP contribution in [-0.2, 0) is 22.6 Å². The molecule has 0 saturated heterocycles. The molecule has 1 aromatic rings. The van der Waals surface area contributed by atoms with Crippen LogP contribution in [0.3, 0.4) is 0 Å². The predicted molar refractivity (Wildman–Crippen MR) is 135 cm³/mol. The zero-order valence-corrected chi connectivity index (χ0v) is 22.0. The minimum atomic E-state index is -1.15. The first-order valence-corrected chi connectivity index (χ1v) is 14.1. The van der Waals surface area contributed by atoms with Crippen molar-refractivity contribution in [2.75, 3.05) is 0 Å². The van der Waals surface area contributed by atoms with Gasteiger partial charge in [-0.3, -0.25) is 14.3 Å². The summed E-state index contributed by atoms with van der Waals surface area (Å²) in [5, 5.41) is 16.3. The number of carbonyl (C=O) groups excluding carboxylic acids is 2. The lowest BCUT2D eigenvalue weighted by molar-refractivity contribution is -0.160. The maximum Gasteiger partial charge on any atom is 0.161 e. The van der Waals surface area contributed by atoms with E-state index in [1.54, 1.807) is 12.5 Å². The van der Waals surface area contributed by atoms with Crippen molar-refractivity contribution in [3.8, 4) is 0 Å². The van der Waals surface area contributed by atoms with Crippen LogP contribution >= 0.6 is 0 Å². The zero-order valence-electron chi connectivity index (χ0n) is 22.0. The van der Waals surface area contributed by atoms with Crippen LogP contribution in [0.25, 0.3) is 6.08 Å². The van der Waals surface area contributed by atoms with Crippen molar-refractivity contribution >= 4 is 17.6 Å². The number of aliphatic hydroxyl groups is 1. The fraction of sp³-hybridized carbons (Fsp3) is 0.767. The van der Waals surface area contributed by atoms with E-state index >= 15 is 0 Å². The van der Waals surface area contributed by atoms with Gasteiger partial charge < -0.3 is 5.11 Å². The number of rotatable bonds is 3. The standard InChI is InChI=1S/C30H42N2O3/c1-18-13-23-24(9-11-29(4)25(23)10-12-30(29,35)19(2)33)28(3)15-21-16-31-32(27(21)14-26(18)28)17-20-5-7-22(34)8-6-20/h14,16,18,20,23-25,35H,5-13,15,17H2,1-4H3/t18-,23+,24-,25-,28+,29-,30-/m0/s1. The number of hydrogen-bond acceptors (Lipinski definition) is 4. The van der Waals surface area contributed by atoms with Gasteiger partial charge in [-0.15, -0.1) is 0 Å². The Morgan fingerprint density at radius 1 is 1.14 bits per heavy atom. The molecule has 5 heteroatoms. The summed E-state index contributed by atoms with van der Waals surface area (Å²) in [6.07, 6.45) is 13.9. The number of fused-ring (bicyclic) bond motifs is 6. The molecule has 0 bridgehead atoms. The molecule has 6 rings (SSSR count). The van der Waals surface area contributed by atoms with Crippen LogP contribution in [0.4, 0.5) is 0 Å². The van der Waals surface area contributed by atoms with E-state index in [9.17, 15) is 14.7 Å². The minimum Gasteiger partial charge on any atom is -0.382 e. The average molecular weight is 479 g/mol. The highest BCUT2D eigenvalue weighted by molar-refractivity contribution is 5.86. The second-order valence-corrected chi connectivity index (χ2v) is 13.3. The van der Waals surface area contributed by atoms with Crippen LogP contribution in [0.1, 0.15) is 96.7 Å². The summed E-state index contributed by atoms with van der Waals surface area (Å²) in [7, 11) is 0. The first-order valence-electron chi connectivity index (χ1n) is 14.1. The van der Waals surface area contributed by atoms with E-state index in [1.165, 1.54) is 11.3 Å². The Hall–Kier alpha value is -1.75. The second kappa shape index (κ2) is 7.87. The predicted octanol–water partition coefficient (Wildman–Crippen LogP) is 5.39. The van der Waals surface area contributed by atoms with Crippen molar-refractivity contribution < 1.29 is 14.7 Å². The summed E-state index contributed by atoms with van der Waals surface area (Å²) in [5.41, 5.74) is 2.95. The van der Waals surface area contributed by atoms with E-state index < -0.39 is 5.60 Å². The Bertz CT molecular complexity index is 1090. The van der Waals surface area contributed by atoms with Crippen molar-refractivity contribution in [2.24, 2.45) is 40.4 Å². The van der Waals surface area contributed by atoms with Gasteiger partial charge in [-0.1, -0.05) is 26.3 Å². The number of hydrogen-bond donors (Lipinski definition) is 1. The van der Waals surface area contributed by atoms with Crippen LogP contribution in [0.5, 0.6) is 0 Å². The number of carbonyl (C=O) groups is 2. The van der Waals surface area contributed by atoms with E-state index in [2.05, 4.69) is 37.7 Å². The molecule has 0 radical (unpaired) electrons. The molecule has 1 aromatic heterocycles. The number of Topliss-reactive ketones (excluding diaryl/α,β-unsaturated/α-hetero) is 2. The second-order valence-electron chi connectivity index (χ2n) is 13.3. The van der Waals surface area contributed by atoms with Crippen molar-refractivity contribution in [2.45, 2.75) is 104 Å². The maximum atomic E-state index is 12.6. The van der Waals surface area contributed by atoms with Crippen molar-refractivity contribution in [1.82, 2.24) is 9.78 Å². The molecule has 7 atom stereocenters. The van der Waals surface area contributed by atoms with Crippen LogP contribution in [0.2, 0.25) is 0 Å². The highest BCUT2D eigenvalue weighted by Gasteiger charge is 2.66. The molecule has 1 N–H and O–H groups in total. The first kappa shape index (κ1) is 23.6. The zero-order chi connectivity index (χ0) is 24.8. The number of aromatic nitrogens is 2. The van der Waals surface area contributed by atoms with E-state index in [4.69, 9.17) is 5.10 Å². The van der Waals surface area contributed by atoms with Gasteiger partial charge in [-0.25, -0.2) is 0 Å². The maximum absolute atomic E-state index is 12.6. The fourth-order valence-electron chi connectivity index (χ4n) is 9.71. The minimum absolute atomic E-state index is 0.0336. The molecule has 0 aromatic carbocycles. The molecule has 5 nitrogen and oxygen atoms in total. The molecule has 4 fully saturated rings. The SMILES string of the molecule is CC(=O)[C@@]1(O)CC[C@H]2[C@@H]3C[C@H](C)C4=Cc5c(cnn5CC5CCC(=O)CC5)C[C@]4(C)[C@H]3CC[C@@]21C. The third-order valence-corrected chi connectivity index (χ3v) is 11.7. The molecule has 5 aliphatic rings. The Kier molecular flexibility index (Phi) is 5.32. The number of ketones is 2. The monoisotopic (exact) mass is 478 g/mol. The average Bonchev–Trinajstić information content (AvgIpc) is 3.32. The van der Waals surface area contributed by atoms with E-state index in [0.717, 1.165) is 64.3 Å². The van der Waals surface area contributed by atoms with Gasteiger partial charge in [0.25, 0.3) is 0 Å². The van der Waals surface area contributed by atoms with Gasteiger partial charge in [-0.05, 0) is 105 Å². The number of allylic oxidation sites excluding steroid dienone is 1. The van der Waals surface area contributed by atoms with E-state index in [-0.39, 0.29) is 16.6 Å².